The molecule has 2 aromatic rings. The summed E-state index contributed by atoms with van der Waals surface area (Å²) >= 11 is 6.01. The lowest BCUT2D eigenvalue weighted by Crippen LogP contribution is -2.39. The van der Waals surface area contributed by atoms with Gasteiger partial charge in [-0.05, 0) is 49.6 Å². The number of hydrogen-bond donors (Lipinski definition) is 1. The molecule has 1 N–H and O–H groups in total. The van der Waals surface area contributed by atoms with Crippen LogP contribution >= 0.6 is 11.6 Å². The number of fused-ring (bicyclic) bond motifs is 1. The summed E-state index contributed by atoms with van der Waals surface area (Å²) in [6.07, 6.45) is 0.915. The number of rotatable bonds is 3. The summed E-state index contributed by atoms with van der Waals surface area (Å²) in [4.78, 5) is 14.5. The Morgan fingerprint density at radius 3 is 2.91 bits per heavy atom. The summed E-state index contributed by atoms with van der Waals surface area (Å²) in [5.41, 5.74) is 4.25. The highest BCUT2D eigenvalue weighted by atomic mass is 35.5. The Morgan fingerprint density at radius 1 is 1.32 bits per heavy atom. The lowest BCUT2D eigenvalue weighted by molar-refractivity contribution is -0.117. The van der Waals surface area contributed by atoms with Gasteiger partial charge in [-0.3, -0.25) is 4.79 Å². The lowest BCUT2D eigenvalue weighted by Gasteiger charge is -2.23. The normalized spacial score (nSPS) is 16.5. The average molecular weight is 315 g/mol. The summed E-state index contributed by atoms with van der Waals surface area (Å²) in [5.74, 6) is 0.0804. The molecule has 1 amide bonds. The number of anilines is 2. The van der Waals surface area contributed by atoms with Crippen molar-refractivity contribution >= 4 is 28.9 Å². The highest BCUT2D eigenvalue weighted by Gasteiger charge is 2.30. The molecule has 0 unspecified atom stereocenters. The van der Waals surface area contributed by atoms with Crippen molar-refractivity contribution in [1.82, 2.24) is 0 Å². The molecule has 2 aromatic carbocycles. The van der Waals surface area contributed by atoms with Crippen molar-refractivity contribution in [2.24, 2.45) is 0 Å². The second kappa shape index (κ2) is 6.01. The first-order chi connectivity index (χ1) is 10.6. The Labute approximate surface area is 135 Å². The van der Waals surface area contributed by atoms with Crippen LogP contribution in [0.2, 0.25) is 5.02 Å². The summed E-state index contributed by atoms with van der Waals surface area (Å²) in [6.45, 7) is 4.35. The molecule has 3 rings (SSSR count). The largest absolute Gasteiger partial charge is 0.376 e. The number of nitrogens with zero attached hydrogens (tertiary/aromatic N) is 1. The molecule has 1 heterocycles. The molecule has 114 valence electrons. The number of para-hydroxylation sites is 1. The summed E-state index contributed by atoms with van der Waals surface area (Å²) in [5, 5.41) is 3.87. The van der Waals surface area contributed by atoms with E-state index < -0.39 is 0 Å². The third-order valence-electron chi connectivity index (χ3n) is 4.11. The molecule has 0 bridgehead atoms. The smallest absolute Gasteiger partial charge is 0.246 e. The van der Waals surface area contributed by atoms with Crippen LogP contribution in [0, 0.1) is 6.92 Å². The van der Waals surface area contributed by atoms with Gasteiger partial charge >= 0.3 is 0 Å². The Balaban J connectivity index is 1.74. The van der Waals surface area contributed by atoms with Gasteiger partial charge in [-0.2, -0.15) is 0 Å². The van der Waals surface area contributed by atoms with Crippen molar-refractivity contribution in [3.63, 3.8) is 0 Å². The molecule has 0 aromatic heterocycles. The Hall–Kier alpha value is -2.00. The fourth-order valence-electron chi connectivity index (χ4n) is 2.99. The average Bonchev–Trinajstić information content (AvgIpc) is 2.83. The van der Waals surface area contributed by atoms with Crippen LogP contribution in [0.5, 0.6) is 0 Å². The van der Waals surface area contributed by atoms with Crippen LogP contribution in [0.1, 0.15) is 18.1 Å². The second-order valence-corrected chi connectivity index (χ2v) is 6.19. The van der Waals surface area contributed by atoms with E-state index >= 15 is 0 Å². The maximum Gasteiger partial charge on any atom is 0.246 e. The number of carbonyl (C=O) groups is 1. The van der Waals surface area contributed by atoms with E-state index in [0.29, 0.717) is 5.02 Å². The first-order valence-corrected chi connectivity index (χ1v) is 7.84. The molecular formula is C18H19ClN2O. The number of carbonyl (C=O) groups excluding carboxylic acids is 1. The fourth-order valence-corrected chi connectivity index (χ4v) is 3.16. The molecule has 1 aliphatic rings. The summed E-state index contributed by atoms with van der Waals surface area (Å²) in [6, 6.07) is 14.0. The third kappa shape index (κ3) is 2.81. The molecule has 4 heteroatoms. The van der Waals surface area contributed by atoms with Crippen LogP contribution in [0.15, 0.2) is 42.5 Å². The van der Waals surface area contributed by atoms with Gasteiger partial charge in [0, 0.05) is 22.4 Å². The summed E-state index contributed by atoms with van der Waals surface area (Å²) in [7, 11) is 0. The fraction of sp³-hybridized carbons (Fsp3) is 0.278. The standard InChI is InChI=1S/C18H19ClN2O/c1-12-7-8-15(19)10-16(12)20-11-18(22)21-13(2)9-14-5-3-4-6-17(14)21/h3-8,10,13,20H,9,11H2,1-2H3/t13-/m0/s1. The van der Waals surface area contributed by atoms with E-state index in [1.807, 2.05) is 48.2 Å². The minimum absolute atomic E-state index is 0.0804. The van der Waals surface area contributed by atoms with Crippen LogP contribution in [0.4, 0.5) is 11.4 Å². The first kappa shape index (κ1) is 14.9. The predicted molar refractivity (Wildman–Crippen MR) is 91.8 cm³/mol. The van der Waals surface area contributed by atoms with Gasteiger partial charge in [0.1, 0.15) is 0 Å². The molecule has 0 aliphatic carbocycles. The highest BCUT2D eigenvalue weighted by Crippen LogP contribution is 2.31. The molecule has 1 atom stereocenters. The van der Waals surface area contributed by atoms with Crippen LogP contribution in [0.3, 0.4) is 0 Å². The molecule has 0 fully saturated rings. The topological polar surface area (TPSA) is 32.3 Å². The quantitative estimate of drug-likeness (QED) is 0.927. The Morgan fingerprint density at radius 2 is 2.09 bits per heavy atom. The maximum absolute atomic E-state index is 12.6. The van der Waals surface area contributed by atoms with Crippen LogP contribution in [-0.2, 0) is 11.2 Å². The van der Waals surface area contributed by atoms with Gasteiger partial charge in [0.05, 0.1) is 6.54 Å². The van der Waals surface area contributed by atoms with Gasteiger partial charge in [-0.1, -0.05) is 35.9 Å². The van der Waals surface area contributed by atoms with Crippen LogP contribution < -0.4 is 10.2 Å². The van der Waals surface area contributed by atoms with Crippen LogP contribution in [0.25, 0.3) is 0 Å². The zero-order valence-corrected chi connectivity index (χ0v) is 13.5. The van der Waals surface area contributed by atoms with Gasteiger partial charge in [0.15, 0.2) is 0 Å². The SMILES string of the molecule is Cc1ccc(Cl)cc1NCC(=O)N1c2ccccc2C[C@@H]1C. The molecule has 22 heavy (non-hydrogen) atoms. The molecule has 0 saturated heterocycles. The zero-order valence-electron chi connectivity index (χ0n) is 12.8. The van der Waals surface area contributed by atoms with Crippen molar-refractivity contribution in [2.75, 3.05) is 16.8 Å². The number of halogens is 1. The number of amides is 1. The third-order valence-corrected chi connectivity index (χ3v) is 4.34. The monoisotopic (exact) mass is 314 g/mol. The summed E-state index contributed by atoms with van der Waals surface area (Å²) < 4.78 is 0. The minimum Gasteiger partial charge on any atom is -0.376 e. The molecule has 1 aliphatic heterocycles. The van der Waals surface area contributed by atoms with E-state index in [4.69, 9.17) is 11.6 Å². The van der Waals surface area contributed by atoms with E-state index in [1.165, 1.54) is 5.56 Å². The number of nitrogens with one attached hydrogen (secondary N) is 1. The molecule has 0 saturated carbocycles. The Kier molecular flexibility index (Phi) is 4.08. The Bertz CT molecular complexity index is 714. The van der Waals surface area contributed by atoms with Crippen LogP contribution in [-0.4, -0.2) is 18.5 Å². The van der Waals surface area contributed by atoms with Gasteiger partial charge in [0.25, 0.3) is 0 Å². The van der Waals surface area contributed by atoms with Crippen molar-refractivity contribution < 1.29 is 4.79 Å². The molecule has 0 spiro atoms. The zero-order chi connectivity index (χ0) is 15.7. The van der Waals surface area contributed by atoms with E-state index in [9.17, 15) is 4.79 Å². The van der Waals surface area contributed by atoms with Gasteiger partial charge in [0.2, 0.25) is 5.91 Å². The first-order valence-electron chi connectivity index (χ1n) is 7.46. The van der Waals surface area contributed by atoms with Gasteiger partial charge < -0.3 is 10.2 Å². The number of aryl methyl sites for hydroxylation is 1. The predicted octanol–water partition coefficient (Wildman–Crippen LogP) is 4.04. The second-order valence-electron chi connectivity index (χ2n) is 5.76. The van der Waals surface area contributed by atoms with Crippen molar-refractivity contribution in [3.8, 4) is 0 Å². The number of hydrogen-bond acceptors (Lipinski definition) is 2. The van der Waals surface area contributed by atoms with E-state index in [-0.39, 0.29) is 18.5 Å². The van der Waals surface area contributed by atoms with Gasteiger partial charge in [-0.15, -0.1) is 0 Å². The lowest BCUT2D eigenvalue weighted by atomic mass is 10.1. The minimum atomic E-state index is 0.0804. The van der Waals surface area contributed by atoms with Crippen molar-refractivity contribution in [3.05, 3.63) is 58.6 Å². The molecule has 0 radical (unpaired) electrons. The molecule has 3 nitrogen and oxygen atoms in total. The maximum atomic E-state index is 12.6. The van der Waals surface area contributed by atoms with Crippen molar-refractivity contribution in [2.45, 2.75) is 26.3 Å². The van der Waals surface area contributed by atoms with E-state index in [0.717, 1.165) is 23.4 Å². The van der Waals surface area contributed by atoms with E-state index in [2.05, 4.69) is 18.3 Å². The van der Waals surface area contributed by atoms with E-state index in [1.54, 1.807) is 0 Å². The highest BCUT2D eigenvalue weighted by molar-refractivity contribution is 6.30. The number of benzene rings is 2. The van der Waals surface area contributed by atoms with Crippen molar-refractivity contribution in [1.29, 1.82) is 0 Å². The molecular weight excluding hydrogens is 296 g/mol. The van der Waals surface area contributed by atoms with Gasteiger partial charge in [-0.25, -0.2) is 0 Å².